The minimum atomic E-state index is -0.924. The van der Waals surface area contributed by atoms with Gasteiger partial charge in [0, 0.05) is 5.69 Å². The molecule has 2 aliphatic rings. The second-order valence-corrected chi connectivity index (χ2v) is 6.89. The van der Waals surface area contributed by atoms with Crippen LogP contribution in [0.5, 0.6) is 0 Å². The number of amides is 1. The van der Waals surface area contributed by atoms with E-state index < -0.39 is 17.8 Å². The summed E-state index contributed by atoms with van der Waals surface area (Å²) in [6.45, 7) is 2.41. The number of carboxylic acids is 1. The van der Waals surface area contributed by atoms with Crippen LogP contribution in [-0.2, 0) is 14.3 Å². The predicted molar refractivity (Wildman–Crippen MR) is 95.6 cm³/mol. The highest BCUT2D eigenvalue weighted by atomic mass is 16.5. The van der Waals surface area contributed by atoms with Gasteiger partial charge in [0.1, 0.15) is 0 Å². The lowest BCUT2D eigenvalue weighted by Gasteiger charge is -2.23. The third kappa shape index (κ3) is 3.64. The van der Waals surface area contributed by atoms with E-state index >= 15 is 0 Å². The van der Waals surface area contributed by atoms with Crippen LogP contribution in [0.4, 0.5) is 5.69 Å². The normalized spacial score (nSPS) is 25.9. The summed E-state index contributed by atoms with van der Waals surface area (Å²) in [5, 5.41) is 12.2. The average Bonchev–Trinajstić information content (AvgIpc) is 3.23. The van der Waals surface area contributed by atoms with Crippen LogP contribution >= 0.6 is 0 Å². The van der Waals surface area contributed by atoms with Crippen LogP contribution in [0.25, 0.3) is 0 Å². The number of aliphatic carboxylic acids is 1. The monoisotopic (exact) mass is 357 g/mol. The third-order valence-electron chi connectivity index (χ3n) is 5.17. The number of hydrogen-bond acceptors (Lipinski definition) is 4. The van der Waals surface area contributed by atoms with Crippen LogP contribution in [0.3, 0.4) is 0 Å². The summed E-state index contributed by atoms with van der Waals surface area (Å²) in [5.74, 6) is -2.90. The Labute approximate surface area is 152 Å². The van der Waals surface area contributed by atoms with E-state index in [4.69, 9.17) is 4.74 Å². The van der Waals surface area contributed by atoms with Crippen molar-refractivity contribution in [3.05, 3.63) is 42.0 Å². The maximum absolute atomic E-state index is 12.6. The number of carbonyl (C=O) groups is 3. The zero-order valence-corrected chi connectivity index (χ0v) is 14.7. The first-order valence-electron chi connectivity index (χ1n) is 9.00. The average molecular weight is 357 g/mol. The van der Waals surface area contributed by atoms with Crippen molar-refractivity contribution < 1.29 is 24.2 Å². The molecular weight excluding hydrogens is 334 g/mol. The summed E-state index contributed by atoms with van der Waals surface area (Å²) in [5.41, 5.74) is 0.960. The minimum Gasteiger partial charge on any atom is -0.481 e. The molecule has 4 unspecified atom stereocenters. The van der Waals surface area contributed by atoms with Crippen molar-refractivity contribution in [2.75, 3.05) is 11.9 Å². The quantitative estimate of drug-likeness (QED) is 0.444. The molecule has 1 aromatic carbocycles. The summed E-state index contributed by atoms with van der Waals surface area (Å²) >= 11 is 0. The predicted octanol–water partition coefficient (Wildman–Crippen LogP) is 3.10. The van der Waals surface area contributed by atoms with Crippen molar-refractivity contribution in [1.29, 1.82) is 0 Å². The Morgan fingerprint density at radius 3 is 2.38 bits per heavy atom. The van der Waals surface area contributed by atoms with Gasteiger partial charge in [-0.1, -0.05) is 25.5 Å². The molecule has 3 rings (SSSR count). The first-order chi connectivity index (χ1) is 12.5. The molecular formula is C20H23NO5. The highest BCUT2D eigenvalue weighted by molar-refractivity contribution is 5.97. The van der Waals surface area contributed by atoms with E-state index in [-0.39, 0.29) is 23.7 Å². The SMILES string of the molecule is CCCCOC(=O)c1ccc(NC(=O)C2C3C=CC(C3)C2C(=O)O)cc1. The third-order valence-corrected chi connectivity index (χ3v) is 5.17. The van der Waals surface area contributed by atoms with Crippen molar-refractivity contribution in [3.63, 3.8) is 0 Å². The zero-order chi connectivity index (χ0) is 18.7. The van der Waals surface area contributed by atoms with Crippen LogP contribution in [0.2, 0.25) is 0 Å². The summed E-state index contributed by atoms with van der Waals surface area (Å²) < 4.78 is 5.15. The fourth-order valence-electron chi connectivity index (χ4n) is 3.82. The lowest BCUT2D eigenvalue weighted by atomic mass is 9.82. The molecule has 1 fully saturated rings. The molecule has 6 heteroatoms. The van der Waals surface area contributed by atoms with Crippen LogP contribution in [0.1, 0.15) is 36.5 Å². The first-order valence-corrected chi connectivity index (χ1v) is 9.00. The molecule has 0 saturated heterocycles. The van der Waals surface area contributed by atoms with Gasteiger partial charge in [-0.05, 0) is 48.9 Å². The van der Waals surface area contributed by atoms with Gasteiger partial charge in [0.15, 0.2) is 0 Å². The van der Waals surface area contributed by atoms with Gasteiger partial charge in [-0.15, -0.1) is 0 Å². The number of unbranched alkanes of at least 4 members (excludes halogenated alkanes) is 1. The number of rotatable bonds is 7. The molecule has 2 N–H and O–H groups in total. The van der Waals surface area contributed by atoms with Gasteiger partial charge in [-0.25, -0.2) is 4.79 Å². The Balaban J connectivity index is 1.62. The van der Waals surface area contributed by atoms with Gasteiger partial charge in [-0.2, -0.15) is 0 Å². The maximum Gasteiger partial charge on any atom is 0.338 e. The molecule has 4 atom stereocenters. The zero-order valence-electron chi connectivity index (χ0n) is 14.7. The van der Waals surface area contributed by atoms with E-state index in [1.165, 1.54) is 0 Å². The van der Waals surface area contributed by atoms with Crippen molar-refractivity contribution in [2.24, 2.45) is 23.7 Å². The molecule has 0 radical (unpaired) electrons. The van der Waals surface area contributed by atoms with Crippen molar-refractivity contribution in [1.82, 2.24) is 0 Å². The lowest BCUT2D eigenvalue weighted by molar-refractivity contribution is -0.146. The highest BCUT2D eigenvalue weighted by Gasteiger charge is 2.51. The van der Waals surface area contributed by atoms with Crippen molar-refractivity contribution in [3.8, 4) is 0 Å². The Morgan fingerprint density at radius 1 is 1.12 bits per heavy atom. The van der Waals surface area contributed by atoms with Crippen molar-refractivity contribution >= 4 is 23.5 Å². The molecule has 1 saturated carbocycles. The molecule has 2 bridgehead atoms. The van der Waals surface area contributed by atoms with Gasteiger partial charge in [0.25, 0.3) is 0 Å². The summed E-state index contributed by atoms with van der Waals surface area (Å²) in [7, 11) is 0. The van der Waals surface area contributed by atoms with Gasteiger partial charge in [0.2, 0.25) is 5.91 Å². The van der Waals surface area contributed by atoms with E-state index in [9.17, 15) is 19.5 Å². The number of carbonyl (C=O) groups excluding carboxylic acids is 2. The van der Waals surface area contributed by atoms with Crippen LogP contribution in [-0.4, -0.2) is 29.6 Å². The number of anilines is 1. The Morgan fingerprint density at radius 2 is 1.77 bits per heavy atom. The van der Waals surface area contributed by atoms with Crippen molar-refractivity contribution in [2.45, 2.75) is 26.2 Å². The maximum atomic E-state index is 12.6. The molecule has 1 aromatic rings. The smallest absolute Gasteiger partial charge is 0.338 e. The summed E-state index contributed by atoms with van der Waals surface area (Å²) in [6.07, 6.45) is 6.35. The number of ether oxygens (including phenoxy) is 1. The molecule has 138 valence electrons. The Hall–Kier alpha value is -2.63. The molecule has 0 aliphatic heterocycles. The fraction of sp³-hybridized carbons (Fsp3) is 0.450. The fourth-order valence-corrected chi connectivity index (χ4v) is 3.82. The van der Waals surface area contributed by atoms with Gasteiger partial charge in [0.05, 0.1) is 24.0 Å². The number of hydrogen-bond donors (Lipinski definition) is 2. The number of benzene rings is 1. The van der Waals surface area contributed by atoms with Gasteiger partial charge < -0.3 is 15.2 Å². The molecule has 6 nitrogen and oxygen atoms in total. The molecule has 2 aliphatic carbocycles. The molecule has 26 heavy (non-hydrogen) atoms. The van der Waals surface area contributed by atoms with E-state index in [0.717, 1.165) is 19.3 Å². The Bertz CT molecular complexity index is 724. The lowest BCUT2D eigenvalue weighted by Crippen LogP contribution is -2.36. The highest BCUT2D eigenvalue weighted by Crippen LogP contribution is 2.48. The first kappa shape index (κ1) is 18.2. The number of esters is 1. The molecule has 0 spiro atoms. The standard InChI is InChI=1S/C20H23NO5/c1-2-3-10-26-20(25)12-6-8-15(9-7-12)21-18(22)16-13-4-5-14(11-13)17(16)19(23)24/h4-9,13-14,16-17H,2-3,10-11H2,1H3,(H,21,22)(H,23,24). The van der Waals surface area contributed by atoms with E-state index in [1.807, 2.05) is 19.1 Å². The minimum absolute atomic E-state index is 0.0195. The largest absolute Gasteiger partial charge is 0.481 e. The number of carboxylic acid groups (broad SMARTS) is 1. The summed E-state index contributed by atoms with van der Waals surface area (Å²) in [6, 6.07) is 6.46. The second kappa shape index (κ2) is 7.72. The molecule has 0 aromatic heterocycles. The van der Waals surface area contributed by atoms with E-state index in [2.05, 4.69) is 5.32 Å². The van der Waals surface area contributed by atoms with Gasteiger partial charge in [-0.3, -0.25) is 9.59 Å². The molecule has 1 amide bonds. The van der Waals surface area contributed by atoms with Crippen LogP contribution in [0, 0.1) is 23.7 Å². The Kier molecular flexibility index (Phi) is 5.40. The van der Waals surface area contributed by atoms with Crippen LogP contribution < -0.4 is 5.32 Å². The summed E-state index contributed by atoms with van der Waals surface area (Å²) in [4.78, 5) is 36.0. The van der Waals surface area contributed by atoms with E-state index in [0.29, 0.717) is 17.9 Å². The van der Waals surface area contributed by atoms with E-state index in [1.54, 1.807) is 24.3 Å². The van der Waals surface area contributed by atoms with Crippen LogP contribution in [0.15, 0.2) is 36.4 Å². The number of fused-ring (bicyclic) bond motifs is 2. The number of allylic oxidation sites excluding steroid dienone is 2. The second-order valence-electron chi connectivity index (χ2n) is 6.89. The topological polar surface area (TPSA) is 92.7 Å². The molecule has 0 heterocycles. The number of nitrogens with one attached hydrogen (secondary N) is 1. The van der Waals surface area contributed by atoms with Gasteiger partial charge >= 0.3 is 11.9 Å².